The summed E-state index contributed by atoms with van der Waals surface area (Å²) in [5.74, 6) is 2.11. The van der Waals surface area contributed by atoms with Crippen molar-refractivity contribution in [2.75, 3.05) is 4.90 Å². The van der Waals surface area contributed by atoms with Crippen molar-refractivity contribution in [1.82, 2.24) is 0 Å². The second kappa shape index (κ2) is 17.0. The Bertz CT molecular complexity index is 2520. The standard InChI is InChI=1S/C61H67N/c1-61(2)59-28-15-14-27-56(59)57-34-33-54(41-60(57)61)62(52-31-29-45(30-32-52)42-17-6-3-7-18-42)53-25-16-24-47(39-53)58-40-51(35-46-23-12-13-26-55(46)58)50-37-48(43-19-8-4-9-20-43)36-49(38-50)44-21-10-5-11-22-44/h14-16,24-25,27-44H,3-13,17-23,26H2,1-2H3. The summed E-state index contributed by atoms with van der Waals surface area (Å²) in [7, 11) is 0. The zero-order valence-electron chi connectivity index (χ0n) is 37.7. The number of fused-ring (bicyclic) bond motifs is 4. The summed E-state index contributed by atoms with van der Waals surface area (Å²) in [5, 5.41) is 0. The minimum atomic E-state index is -0.0645. The highest BCUT2D eigenvalue weighted by Gasteiger charge is 2.36. The molecule has 0 saturated heterocycles. The van der Waals surface area contributed by atoms with Crippen molar-refractivity contribution in [2.45, 2.75) is 159 Å². The Balaban J connectivity index is 1.03. The summed E-state index contributed by atoms with van der Waals surface area (Å²) in [4.78, 5) is 2.55. The third-order valence-corrected chi connectivity index (χ3v) is 16.4. The van der Waals surface area contributed by atoms with Crippen LogP contribution in [0.3, 0.4) is 0 Å². The first kappa shape index (κ1) is 39.9. The third kappa shape index (κ3) is 7.56. The van der Waals surface area contributed by atoms with E-state index >= 15 is 0 Å². The molecule has 316 valence electrons. The topological polar surface area (TPSA) is 3.24 Å². The lowest BCUT2D eigenvalue weighted by Crippen LogP contribution is -2.16. The van der Waals surface area contributed by atoms with Crippen molar-refractivity contribution in [3.63, 3.8) is 0 Å². The van der Waals surface area contributed by atoms with Crippen molar-refractivity contribution in [2.24, 2.45) is 0 Å². The molecule has 0 radical (unpaired) electrons. The lowest BCUT2D eigenvalue weighted by atomic mass is 9.78. The fourth-order valence-corrected chi connectivity index (χ4v) is 12.9. The van der Waals surface area contributed by atoms with Gasteiger partial charge in [0.05, 0.1) is 0 Å². The van der Waals surface area contributed by atoms with Gasteiger partial charge in [-0.05, 0) is 197 Å². The van der Waals surface area contributed by atoms with Gasteiger partial charge in [-0.1, -0.05) is 150 Å². The van der Waals surface area contributed by atoms with Crippen LogP contribution in [0.4, 0.5) is 17.1 Å². The SMILES string of the molecule is CC1(C)c2ccccc2-c2ccc(N(c3ccc(C4CCCCC4)cc3)c3cccc(-c4cc(-c5cc(C6CCCCC6)cc(C6CCCCC6)c5)cc5c4CCCC5)c3)cc21. The number of aryl methyl sites for hydroxylation is 1. The van der Waals surface area contributed by atoms with Gasteiger partial charge in [-0.25, -0.2) is 0 Å². The fraction of sp³-hybridized carbons (Fsp3) is 0.410. The van der Waals surface area contributed by atoms with Crippen LogP contribution in [0, 0.1) is 0 Å². The first-order chi connectivity index (χ1) is 30.5. The molecular formula is C61H67N. The molecule has 3 fully saturated rings. The van der Waals surface area contributed by atoms with Gasteiger partial charge in [-0.2, -0.15) is 0 Å². The highest BCUT2D eigenvalue weighted by molar-refractivity contribution is 5.87. The third-order valence-electron chi connectivity index (χ3n) is 16.4. The van der Waals surface area contributed by atoms with Gasteiger partial charge < -0.3 is 4.90 Å². The van der Waals surface area contributed by atoms with E-state index in [0.717, 1.165) is 6.42 Å². The molecule has 0 heterocycles. The number of nitrogens with zero attached hydrogens (tertiary/aromatic N) is 1. The predicted octanol–water partition coefficient (Wildman–Crippen LogP) is 17.8. The summed E-state index contributed by atoms with van der Waals surface area (Å²) in [5.41, 5.74) is 22.8. The molecule has 5 aliphatic carbocycles. The van der Waals surface area contributed by atoms with Gasteiger partial charge in [-0.15, -0.1) is 0 Å². The molecule has 0 amide bonds. The maximum Gasteiger partial charge on any atom is 0.0467 e. The molecule has 0 N–H and O–H groups in total. The summed E-state index contributed by atoms with van der Waals surface area (Å²) >= 11 is 0. The van der Waals surface area contributed by atoms with E-state index in [9.17, 15) is 0 Å². The van der Waals surface area contributed by atoms with Crippen LogP contribution in [0.1, 0.15) is 180 Å². The van der Waals surface area contributed by atoms with Crippen molar-refractivity contribution < 1.29 is 0 Å². The van der Waals surface area contributed by atoms with Crippen LogP contribution in [0.25, 0.3) is 33.4 Å². The highest BCUT2D eigenvalue weighted by Crippen LogP contribution is 2.51. The van der Waals surface area contributed by atoms with Crippen LogP contribution < -0.4 is 4.90 Å². The maximum absolute atomic E-state index is 2.66. The minimum Gasteiger partial charge on any atom is -0.310 e. The van der Waals surface area contributed by atoms with Crippen LogP contribution in [0.5, 0.6) is 0 Å². The largest absolute Gasteiger partial charge is 0.310 e. The van der Waals surface area contributed by atoms with E-state index < -0.39 is 0 Å². The molecule has 6 aromatic rings. The fourth-order valence-electron chi connectivity index (χ4n) is 12.9. The summed E-state index contributed by atoms with van der Waals surface area (Å²) in [6.45, 7) is 4.81. The van der Waals surface area contributed by atoms with Crippen LogP contribution in [-0.2, 0) is 18.3 Å². The molecule has 0 atom stereocenters. The summed E-state index contributed by atoms with van der Waals surface area (Å²) in [6, 6.07) is 48.7. The van der Waals surface area contributed by atoms with E-state index in [1.54, 1.807) is 22.3 Å². The van der Waals surface area contributed by atoms with Crippen molar-refractivity contribution in [3.05, 3.63) is 160 Å². The van der Waals surface area contributed by atoms with E-state index in [-0.39, 0.29) is 5.41 Å². The molecule has 0 spiro atoms. The van der Waals surface area contributed by atoms with E-state index in [0.29, 0.717) is 17.8 Å². The molecule has 11 rings (SSSR count). The van der Waals surface area contributed by atoms with E-state index in [2.05, 4.69) is 140 Å². The smallest absolute Gasteiger partial charge is 0.0467 e. The number of benzene rings is 6. The Morgan fingerprint density at radius 3 is 1.66 bits per heavy atom. The summed E-state index contributed by atoms with van der Waals surface area (Å²) in [6.07, 6.45) is 25.4. The molecule has 1 heteroatoms. The Labute approximate surface area is 373 Å². The molecule has 5 aliphatic rings. The van der Waals surface area contributed by atoms with Crippen LogP contribution in [0.2, 0.25) is 0 Å². The van der Waals surface area contributed by atoms with Crippen LogP contribution in [0.15, 0.2) is 121 Å². The maximum atomic E-state index is 2.66. The molecular weight excluding hydrogens is 747 g/mol. The van der Waals surface area contributed by atoms with Crippen LogP contribution in [-0.4, -0.2) is 0 Å². The Hall–Kier alpha value is -4.88. The zero-order valence-corrected chi connectivity index (χ0v) is 37.7. The van der Waals surface area contributed by atoms with Gasteiger partial charge in [0.15, 0.2) is 0 Å². The average Bonchev–Trinajstić information content (AvgIpc) is 3.57. The number of hydrogen-bond acceptors (Lipinski definition) is 1. The van der Waals surface area contributed by atoms with Crippen LogP contribution >= 0.6 is 0 Å². The Kier molecular flexibility index (Phi) is 11.0. The van der Waals surface area contributed by atoms with Gasteiger partial charge in [-0.3, -0.25) is 0 Å². The Morgan fingerprint density at radius 2 is 0.968 bits per heavy atom. The monoisotopic (exact) mass is 814 g/mol. The lowest BCUT2D eigenvalue weighted by molar-refractivity contribution is 0.435. The van der Waals surface area contributed by atoms with Gasteiger partial charge >= 0.3 is 0 Å². The average molecular weight is 814 g/mol. The quantitative estimate of drug-likeness (QED) is 0.148. The van der Waals surface area contributed by atoms with E-state index in [4.69, 9.17) is 0 Å². The molecule has 1 nitrogen and oxygen atoms in total. The minimum absolute atomic E-state index is 0.0645. The first-order valence-corrected chi connectivity index (χ1v) is 25.0. The first-order valence-electron chi connectivity index (χ1n) is 25.0. The lowest BCUT2D eigenvalue weighted by Gasteiger charge is -2.29. The van der Waals surface area contributed by atoms with E-state index in [1.807, 2.05) is 0 Å². The molecule has 0 aromatic heterocycles. The molecule has 6 aromatic carbocycles. The number of anilines is 3. The van der Waals surface area contributed by atoms with Gasteiger partial charge in [0.25, 0.3) is 0 Å². The second-order valence-corrected chi connectivity index (χ2v) is 20.6. The molecule has 0 bridgehead atoms. The molecule has 62 heavy (non-hydrogen) atoms. The molecule has 3 saturated carbocycles. The second-order valence-electron chi connectivity index (χ2n) is 20.6. The highest BCUT2D eigenvalue weighted by atomic mass is 15.1. The molecule has 0 unspecified atom stereocenters. The van der Waals surface area contributed by atoms with Crippen molar-refractivity contribution >= 4 is 17.1 Å². The predicted molar refractivity (Wildman–Crippen MR) is 264 cm³/mol. The van der Waals surface area contributed by atoms with Crippen molar-refractivity contribution in [3.8, 4) is 33.4 Å². The number of hydrogen-bond donors (Lipinski definition) is 0. The van der Waals surface area contributed by atoms with Crippen molar-refractivity contribution in [1.29, 1.82) is 0 Å². The number of rotatable bonds is 8. The van der Waals surface area contributed by atoms with Gasteiger partial charge in [0, 0.05) is 22.5 Å². The van der Waals surface area contributed by atoms with E-state index in [1.165, 1.54) is 183 Å². The molecule has 0 aliphatic heterocycles. The normalized spacial score (nSPS) is 19.1. The summed E-state index contributed by atoms with van der Waals surface area (Å²) < 4.78 is 0. The zero-order chi connectivity index (χ0) is 41.6. The van der Waals surface area contributed by atoms with Gasteiger partial charge in [0.2, 0.25) is 0 Å². The Morgan fingerprint density at radius 1 is 0.387 bits per heavy atom. The van der Waals surface area contributed by atoms with Gasteiger partial charge in [0.1, 0.15) is 0 Å².